The van der Waals surface area contributed by atoms with Crippen LogP contribution >= 0.6 is 0 Å². The molecule has 0 aromatic carbocycles. The van der Waals surface area contributed by atoms with Crippen molar-refractivity contribution in [2.24, 2.45) is 0 Å². The van der Waals surface area contributed by atoms with Crippen molar-refractivity contribution in [3.63, 3.8) is 0 Å². The molecule has 2 N–H and O–H groups in total. The van der Waals surface area contributed by atoms with Crippen LogP contribution in [0.3, 0.4) is 0 Å². The number of ether oxygens (including phenoxy) is 2. The van der Waals surface area contributed by atoms with E-state index in [4.69, 9.17) is 9.47 Å². The van der Waals surface area contributed by atoms with Crippen LogP contribution in [0.1, 0.15) is 33.1 Å². The molecular formula is C13H22N2O4. The first-order valence-corrected chi connectivity index (χ1v) is 6.51. The van der Waals surface area contributed by atoms with Crippen LogP contribution in [0.5, 0.6) is 0 Å². The van der Waals surface area contributed by atoms with Crippen molar-refractivity contribution >= 4 is 11.9 Å². The molecule has 0 aromatic rings. The van der Waals surface area contributed by atoms with Crippen molar-refractivity contribution in [1.82, 2.24) is 10.6 Å². The maximum atomic E-state index is 11.6. The number of hydrogen-bond acceptors (Lipinski definition) is 6. The fourth-order valence-electron chi connectivity index (χ4n) is 1.66. The number of carbonyl (C=O) groups is 2. The lowest BCUT2D eigenvalue weighted by molar-refractivity contribution is -0.222. The Bertz CT molecular complexity index is 342. The van der Waals surface area contributed by atoms with E-state index in [2.05, 4.69) is 10.6 Å². The Hall–Kier alpha value is -1.56. The summed E-state index contributed by atoms with van der Waals surface area (Å²) < 4.78 is 9.94. The third kappa shape index (κ3) is 5.30. The molecule has 6 heteroatoms. The molecular weight excluding hydrogens is 248 g/mol. The first-order chi connectivity index (χ1) is 8.96. The summed E-state index contributed by atoms with van der Waals surface area (Å²) in [6.45, 7) is 4.75. The smallest absolute Gasteiger partial charge is 0.350 e. The van der Waals surface area contributed by atoms with Crippen molar-refractivity contribution in [3.05, 3.63) is 11.8 Å². The van der Waals surface area contributed by atoms with E-state index in [0.29, 0.717) is 6.54 Å². The van der Waals surface area contributed by atoms with Crippen molar-refractivity contribution in [2.75, 3.05) is 20.1 Å². The molecule has 0 aromatic heterocycles. The molecule has 108 valence electrons. The SMILES string of the molecule is CNCCCCCNC=C1C(=O)OC(C)(C)OC1=O. The minimum absolute atomic E-state index is 0.0884. The molecule has 0 amide bonds. The Morgan fingerprint density at radius 1 is 1.05 bits per heavy atom. The zero-order valence-electron chi connectivity index (χ0n) is 11.7. The van der Waals surface area contributed by atoms with E-state index in [1.165, 1.54) is 20.0 Å². The summed E-state index contributed by atoms with van der Waals surface area (Å²) in [5.41, 5.74) is -0.0884. The average Bonchev–Trinajstić information content (AvgIpc) is 2.29. The largest absolute Gasteiger partial charge is 0.419 e. The topological polar surface area (TPSA) is 76.7 Å². The van der Waals surface area contributed by atoms with Gasteiger partial charge in [-0.25, -0.2) is 9.59 Å². The Balaban J connectivity index is 2.32. The van der Waals surface area contributed by atoms with Crippen LogP contribution in [0, 0.1) is 0 Å². The first-order valence-electron chi connectivity index (χ1n) is 6.51. The second kappa shape index (κ2) is 7.13. The van der Waals surface area contributed by atoms with Gasteiger partial charge in [-0.05, 0) is 26.4 Å². The summed E-state index contributed by atoms with van der Waals surface area (Å²) in [4.78, 5) is 23.2. The lowest BCUT2D eigenvalue weighted by atomic mass is 10.2. The minimum Gasteiger partial charge on any atom is -0.419 e. The van der Waals surface area contributed by atoms with Gasteiger partial charge >= 0.3 is 11.9 Å². The van der Waals surface area contributed by atoms with Crippen LogP contribution in [0.25, 0.3) is 0 Å². The van der Waals surface area contributed by atoms with E-state index >= 15 is 0 Å². The lowest BCUT2D eigenvalue weighted by Gasteiger charge is -2.29. The molecule has 1 saturated heterocycles. The van der Waals surface area contributed by atoms with Gasteiger partial charge in [-0.1, -0.05) is 6.42 Å². The molecule has 0 aliphatic carbocycles. The summed E-state index contributed by atoms with van der Waals surface area (Å²) in [6, 6.07) is 0. The summed E-state index contributed by atoms with van der Waals surface area (Å²) in [5.74, 6) is -2.48. The third-order valence-electron chi connectivity index (χ3n) is 2.61. The number of rotatable bonds is 7. The Labute approximate surface area is 113 Å². The molecule has 0 bridgehead atoms. The molecule has 0 spiro atoms. The van der Waals surface area contributed by atoms with Gasteiger partial charge in [0.15, 0.2) is 5.57 Å². The predicted molar refractivity (Wildman–Crippen MR) is 70.1 cm³/mol. The minimum atomic E-state index is -1.18. The molecule has 1 heterocycles. The van der Waals surface area contributed by atoms with E-state index in [1.807, 2.05) is 7.05 Å². The molecule has 0 atom stereocenters. The molecule has 1 fully saturated rings. The van der Waals surface area contributed by atoms with Gasteiger partial charge in [-0.2, -0.15) is 0 Å². The molecule has 6 nitrogen and oxygen atoms in total. The zero-order valence-corrected chi connectivity index (χ0v) is 11.7. The number of cyclic esters (lactones) is 2. The Morgan fingerprint density at radius 3 is 2.21 bits per heavy atom. The van der Waals surface area contributed by atoms with Crippen LogP contribution in [0.15, 0.2) is 11.8 Å². The van der Waals surface area contributed by atoms with Gasteiger partial charge in [0.25, 0.3) is 5.79 Å². The number of carbonyl (C=O) groups excluding carboxylic acids is 2. The van der Waals surface area contributed by atoms with Crippen LogP contribution in [-0.2, 0) is 19.1 Å². The molecule has 0 saturated carbocycles. The van der Waals surface area contributed by atoms with Gasteiger partial charge in [0.05, 0.1) is 0 Å². The van der Waals surface area contributed by atoms with E-state index in [0.717, 1.165) is 25.8 Å². The number of unbranched alkanes of at least 4 members (excludes halogenated alkanes) is 2. The van der Waals surface area contributed by atoms with Crippen molar-refractivity contribution in [3.8, 4) is 0 Å². The standard InChI is InChI=1S/C13H22N2O4/c1-13(2)18-11(16)10(12(17)19-13)9-15-8-6-4-5-7-14-3/h9,14-15H,4-8H2,1-3H3. The van der Waals surface area contributed by atoms with Gasteiger partial charge < -0.3 is 20.1 Å². The molecule has 1 rings (SSSR count). The number of esters is 2. The molecule has 1 aliphatic rings. The van der Waals surface area contributed by atoms with Crippen molar-refractivity contribution in [1.29, 1.82) is 0 Å². The number of hydrogen-bond donors (Lipinski definition) is 2. The normalized spacial score (nSPS) is 17.7. The monoisotopic (exact) mass is 270 g/mol. The van der Waals surface area contributed by atoms with Gasteiger partial charge in [0.2, 0.25) is 0 Å². The predicted octanol–water partition coefficient (Wildman–Crippen LogP) is 0.686. The molecule has 1 aliphatic heterocycles. The van der Waals surface area contributed by atoms with Gasteiger partial charge in [0, 0.05) is 26.6 Å². The van der Waals surface area contributed by atoms with Crippen molar-refractivity contribution < 1.29 is 19.1 Å². The highest BCUT2D eigenvalue weighted by Gasteiger charge is 2.38. The highest BCUT2D eigenvalue weighted by molar-refractivity contribution is 6.15. The summed E-state index contributed by atoms with van der Waals surface area (Å²) in [6.07, 6.45) is 4.53. The van der Waals surface area contributed by atoms with Crippen LogP contribution in [0.4, 0.5) is 0 Å². The maximum Gasteiger partial charge on any atom is 0.350 e. The van der Waals surface area contributed by atoms with E-state index < -0.39 is 17.7 Å². The first kappa shape index (κ1) is 15.5. The van der Waals surface area contributed by atoms with Crippen LogP contribution in [0.2, 0.25) is 0 Å². The Kier molecular flexibility index (Phi) is 5.82. The summed E-state index contributed by atoms with van der Waals surface area (Å²) in [7, 11) is 1.92. The van der Waals surface area contributed by atoms with Crippen molar-refractivity contribution in [2.45, 2.75) is 38.9 Å². The zero-order chi connectivity index (χ0) is 14.3. The van der Waals surface area contributed by atoms with E-state index in [1.54, 1.807) is 0 Å². The Morgan fingerprint density at radius 2 is 1.63 bits per heavy atom. The fraction of sp³-hybridized carbons (Fsp3) is 0.692. The summed E-state index contributed by atoms with van der Waals surface area (Å²) in [5, 5.41) is 6.01. The van der Waals surface area contributed by atoms with Gasteiger partial charge in [0.1, 0.15) is 0 Å². The average molecular weight is 270 g/mol. The fourth-order valence-corrected chi connectivity index (χ4v) is 1.66. The highest BCUT2D eigenvalue weighted by atomic mass is 16.7. The van der Waals surface area contributed by atoms with E-state index in [-0.39, 0.29) is 5.57 Å². The quantitative estimate of drug-likeness (QED) is 0.307. The number of nitrogens with one attached hydrogen (secondary N) is 2. The molecule has 0 radical (unpaired) electrons. The molecule has 19 heavy (non-hydrogen) atoms. The van der Waals surface area contributed by atoms with Gasteiger partial charge in [-0.3, -0.25) is 0 Å². The van der Waals surface area contributed by atoms with E-state index in [9.17, 15) is 9.59 Å². The summed E-state index contributed by atoms with van der Waals surface area (Å²) >= 11 is 0. The van der Waals surface area contributed by atoms with Gasteiger partial charge in [-0.15, -0.1) is 0 Å². The lowest BCUT2D eigenvalue weighted by Crippen LogP contribution is -2.42. The maximum absolute atomic E-state index is 11.6. The third-order valence-corrected chi connectivity index (χ3v) is 2.61. The second-order valence-corrected chi connectivity index (χ2v) is 4.86. The molecule has 0 unspecified atom stereocenters. The van der Waals surface area contributed by atoms with Crippen LogP contribution < -0.4 is 10.6 Å². The highest BCUT2D eigenvalue weighted by Crippen LogP contribution is 2.21. The second-order valence-electron chi connectivity index (χ2n) is 4.86. The van der Waals surface area contributed by atoms with Crippen LogP contribution in [-0.4, -0.2) is 37.9 Å².